The fraction of sp³-hybridized carbons (Fsp3) is 0.375. The summed E-state index contributed by atoms with van der Waals surface area (Å²) in [5.41, 5.74) is 0.726. The number of nitrogens with zero attached hydrogens (tertiary/aromatic N) is 4. The lowest BCUT2D eigenvalue weighted by Crippen LogP contribution is -2.38. The number of amides is 1. The van der Waals surface area contributed by atoms with E-state index >= 15 is 0 Å². The predicted molar refractivity (Wildman–Crippen MR) is 122 cm³/mol. The van der Waals surface area contributed by atoms with Gasteiger partial charge in [0, 0.05) is 37.7 Å². The smallest absolute Gasteiger partial charge is 0.257 e. The highest BCUT2D eigenvalue weighted by molar-refractivity contribution is 7.89. The zero-order valence-electron chi connectivity index (χ0n) is 18.6. The van der Waals surface area contributed by atoms with E-state index in [-0.39, 0.29) is 22.3 Å². The molecule has 2 aliphatic rings. The minimum Gasteiger partial charge on any atom is -0.339 e. The molecule has 0 saturated carbocycles. The standard InChI is InChI=1S/C24H25FN4O4S/c25-21-6-2-1-5-20(21)24(30)28-15-11-17(12-16-28)22-26-23(33-27-22)18-7-9-19(10-8-18)34(31,32)29-13-3-4-14-29/h1-2,5-10,17H,3-4,11-16H2. The van der Waals surface area contributed by atoms with Gasteiger partial charge in [0.15, 0.2) is 5.82 Å². The molecule has 178 valence electrons. The van der Waals surface area contributed by atoms with E-state index in [4.69, 9.17) is 4.52 Å². The van der Waals surface area contributed by atoms with Crippen LogP contribution in [0.1, 0.15) is 47.8 Å². The van der Waals surface area contributed by atoms with Gasteiger partial charge in [-0.05, 0) is 62.1 Å². The number of aromatic nitrogens is 2. The van der Waals surface area contributed by atoms with Crippen LogP contribution in [0.25, 0.3) is 11.5 Å². The van der Waals surface area contributed by atoms with Crippen molar-refractivity contribution in [2.24, 2.45) is 0 Å². The van der Waals surface area contributed by atoms with Crippen LogP contribution < -0.4 is 0 Å². The first-order valence-corrected chi connectivity index (χ1v) is 12.9. The Morgan fingerprint density at radius 2 is 1.65 bits per heavy atom. The molecule has 5 rings (SSSR count). The first kappa shape index (κ1) is 22.7. The fourth-order valence-electron chi connectivity index (χ4n) is 4.51. The van der Waals surface area contributed by atoms with E-state index in [2.05, 4.69) is 10.1 Å². The van der Waals surface area contributed by atoms with Crippen LogP contribution >= 0.6 is 0 Å². The molecular weight excluding hydrogens is 459 g/mol. The van der Waals surface area contributed by atoms with E-state index in [1.807, 2.05) is 0 Å². The number of carbonyl (C=O) groups is 1. The molecule has 2 saturated heterocycles. The van der Waals surface area contributed by atoms with Crippen LogP contribution in [0.15, 0.2) is 57.9 Å². The van der Waals surface area contributed by atoms with Crippen LogP contribution in [0.2, 0.25) is 0 Å². The van der Waals surface area contributed by atoms with Crippen molar-refractivity contribution in [3.05, 3.63) is 65.7 Å². The van der Waals surface area contributed by atoms with Gasteiger partial charge < -0.3 is 9.42 Å². The lowest BCUT2D eigenvalue weighted by molar-refractivity contribution is 0.0706. The van der Waals surface area contributed by atoms with Crippen molar-refractivity contribution in [3.8, 4) is 11.5 Å². The summed E-state index contributed by atoms with van der Waals surface area (Å²) in [4.78, 5) is 19.0. The summed E-state index contributed by atoms with van der Waals surface area (Å²) in [6.45, 7) is 2.07. The van der Waals surface area contributed by atoms with Gasteiger partial charge in [-0.2, -0.15) is 9.29 Å². The van der Waals surface area contributed by atoms with Gasteiger partial charge in [0.25, 0.3) is 11.8 Å². The molecule has 0 radical (unpaired) electrons. The largest absolute Gasteiger partial charge is 0.339 e. The van der Waals surface area contributed by atoms with Crippen molar-refractivity contribution in [2.45, 2.75) is 36.5 Å². The number of halogens is 1. The molecule has 8 nitrogen and oxygen atoms in total. The second-order valence-corrected chi connectivity index (χ2v) is 10.6. The van der Waals surface area contributed by atoms with Gasteiger partial charge in [-0.3, -0.25) is 4.79 Å². The van der Waals surface area contributed by atoms with Crippen molar-refractivity contribution in [3.63, 3.8) is 0 Å². The van der Waals surface area contributed by atoms with Crippen LogP contribution in [0, 0.1) is 5.82 Å². The van der Waals surface area contributed by atoms with Gasteiger partial charge in [0.2, 0.25) is 10.0 Å². The number of piperidine rings is 1. The molecule has 1 amide bonds. The minimum absolute atomic E-state index is 0.0250. The zero-order valence-corrected chi connectivity index (χ0v) is 19.4. The normalized spacial score (nSPS) is 17.9. The highest BCUT2D eigenvalue weighted by atomic mass is 32.2. The van der Waals surface area contributed by atoms with Gasteiger partial charge >= 0.3 is 0 Å². The second-order valence-electron chi connectivity index (χ2n) is 8.64. The predicted octanol–water partition coefficient (Wildman–Crippen LogP) is 3.68. The number of hydrogen-bond acceptors (Lipinski definition) is 6. The van der Waals surface area contributed by atoms with E-state index in [0.29, 0.717) is 56.3 Å². The van der Waals surface area contributed by atoms with Crippen LogP contribution in [0.5, 0.6) is 0 Å². The highest BCUT2D eigenvalue weighted by Gasteiger charge is 2.29. The number of sulfonamides is 1. The summed E-state index contributed by atoms with van der Waals surface area (Å²) < 4.78 is 46.3. The summed E-state index contributed by atoms with van der Waals surface area (Å²) >= 11 is 0. The Balaban J connectivity index is 1.23. The molecule has 3 heterocycles. The van der Waals surface area contributed by atoms with Crippen molar-refractivity contribution in [1.82, 2.24) is 19.3 Å². The molecule has 0 aliphatic carbocycles. The van der Waals surface area contributed by atoms with Crippen molar-refractivity contribution in [1.29, 1.82) is 0 Å². The Bertz CT molecular complexity index is 1280. The second kappa shape index (κ2) is 9.27. The van der Waals surface area contributed by atoms with Gasteiger partial charge in [0.1, 0.15) is 5.82 Å². The van der Waals surface area contributed by atoms with Crippen molar-refractivity contribution < 1.29 is 22.1 Å². The minimum atomic E-state index is -3.47. The number of likely N-dealkylation sites (tertiary alicyclic amines) is 1. The maximum Gasteiger partial charge on any atom is 0.257 e. The molecule has 0 bridgehead atoms. The third-order valence-electron chi connectivity index (χ3n) is 6.50. The van der Waals surface area contributed by atoms with Crippen LogP contribution in [0.3, 0.4) is 0 Å². The highest BCUT2D eigenvalue weighted by Crippen LogP contribution is 2.30. The molecule has 2 aromatic carbocycles. The van der Waals surface area contributed by atoms with Crippen molar-refractivity contribution >= 4 is 15.9 Å². The molecule has 0 N–H and O–H groups in total. The molecule has 0 spiro atoms. The van der Waals surface area contributed by atoms with E-state index in [1.54, 1.807) is 41.3 Å². The molecule has 1 aromatic heterocycles. The first-order chi connectivity index (χ1) is 16.4. The fourth-order valence-corrected chi connectivity index (χ4v) is 6.03. The maximum absolute atomic E-state index is 14.0. The summed E-state index contributed by atoms with van der Waals surface area (Å²) in [6.07, 6.45) is 3.06. The number of hydrogen-bond donors (Lipinski definition) is 0. The molecule has 34 heavy (non-hydrogen) atoms. The average Bonchev–Trinajstić information content (AvgIpc) is 3.57. The number of benzene rings is 2. The number of rotatable bonds is 5. The van der Waals surface area contributed by atoms with E-state index < -0.39 is 15.8 Å². The van der Waals surface area contributed by atoms with Gasteiger partial charge in [-0.25, -0.2) is 12.8 Å². The molecule has 0 atom stereocenters. The van der Waals surface area contributed by atoms with Crippen LogP contribution in [-0.2, 0) is 10.0 Å². The maximum atomic E-state index is 14.0. The van der Waals surface area contributed by atoms with Gasteiger partial charge in [0.05, 0.1) is 10.5 Å². The Kier molecular flexibility index (Phi) is 6.18. The molecule has 3 aromatic rings. The lowest BCUT2D eigenvalue weighted by Gasteiger charge is -2.30. The molecule has 10 heteroatoms. The Morgan fingerprint density at radius 3 is 2.32 bits per heavy atom. The average molecular weight is 485 g/mol. The molecule has 2 aliphatic heterocycles. The van der Waals surface area contributed by atoms with E-state index in [1.165, 1.54) is 16.4 Å². The van der Waals surface area contributed by atoms with Gasteiger partial charge in [-0.15, -0.1) is 0 Å². The number of carbonyl (C=O) groups excluding carboxylic acids is 1. The Hall–Kier alpha value is -3.11. The molecular formula is C24H25FN4O4S. The summed E-state index contributed by atoms with van der Waals surface area (Å²) in [7, 11) is -3.47. The van der Waals surface area contributed by atoms with E-state index in [0.717, 1.165) is 12.8 Å². The Labute approximate surface area is 197 Å². The SMILES string of the molecule is O=C(c1ccccc1F)N1CCC(c2noc(-c3ccc(S(=O)(=O)N4CCCC4)cc3)n2)CC1. The Morgan fingerprint density at radius 1 is 0.971 bits per heavy atom. The van der Waals surface area contributed by atoms with Crippen LogP contribution in [0.4, 0.5) is 4.39 Å². The first-order valence-electron chi connectivity index (χ1n) is 11.4. The molecule has 2 fully saturated rings. The molecule has 0 unspecified atom stereocenters. The summed E-state index contributed by atoms with van der Waals surface area (Å²) in [5, 5.41) is 4.12. The lowest BCUT2D eigenvalue weighted by atomic mass is 9.95. The topological polar surface area (TPSA) is 96.6 Å². The van der Waals surface area contributed by atoms with E-state index in [9.17, 15) is 17.6 Å². The quantitative estimate of drug-likeness (QED) is 0.548. The summed E-state index contributed by atoms with van der Waals surface area (Å²) in [6, 6.07) is 12.5. The van der Waals surface area contributed by atoms with Gasteiger partial charge in [-0.1, -0.05) is 17.3 Å². The summed E-state index contributed by atoms with van der Waals surface area (Å²) in [5.74, 6) is 0.0785. The zero-order chi connectivity index (χ0) is 23.7. The van der Waals surface area contributed by atoms with Crippen molar-refractivity contribution in [2.75, 3.05) is 26.2 Å². The third kappa shape index (κ3) is 4.35. The monoisotopic (exact) mass is 484 g/mol. The van der Waals surface area contributed by atoms with Crippen LogP contribution in [-0.4, -0.2) is 59.8 Å². The third-order valence-corrected chi connectivity index (χ3v) is 8.41.